The lowest BCUT2D eigenvalue weighted by molar-refractivity contribution is -0.145. The molecule has 1 aromatic rings. The fraction of sp³-hybridized carbons (Fsp3) is 0.286. The molecular formula is C14H14BrNO4. The van der Waals surface area contributed by atoms with Crippen LogP contribution in [-0.4, -0.2) is 36.2 Å². The summed E-state index contributed by atoms with van der Waals surface area (Å²) in [5, 5.41) is 11.9. The van der Waals surface area contributed by atoms with Crippen molar-refractivity contribution in [2.24, 2.45) is 0 Å². The number of aliphatic hydroxyl groups excluding tert-OH is 1. The highest BCUT2D eigenvalue weighted by atomic mass is 79.9. The van der Waals surface area contributed by atoms with Crippen LogP contribution in [0.5, 0.6) is 0 Å². The molecule has 0 unspecified atom stereocenters. The van der Waals surface area contributed by atoms with Gasteiger partial charge in [0.05, 0.1) is 13.2 Å². The van der Waals surface area contributed by atoms with Crippen molar-refractivity contribution in [1.29, 1.82) is 0 Å². The van der Waals surface area contributed by atoms with Crippen LogP contribution in [-0.2, 0) is 9.53 Å². The van der Waals surface area contributed by atoms with Crippen molar-refractivity contribution in [1.82, 2.24) is 5.32 Å². The van der Waals surface area contributed by atoms with E-state index >= 15 is 0 Å². The first-order valence-electron chi connectivity index (χ1n) is 5.78. The summed E-state index contributed by atoms with van der Waals surface area (Å²) in [7, 11) is 1.19. The first kappa shape index (κ1) is 16.2. The minimum absolute atomic E-state index is 0.361. The fourth-order valence-electron chi connectivity index (χ4n) is 1.49. The third-order valence-electron chi connectivity index (χ3n) is 2.56. The van der Waals surface area contributed by atoms with Gasteiger partial charge in [0.25, 0.3) is 5.91 Å². The number of aliphatic hydroxyl groups is 1. The van der Waals surface area contributed by atoms with Crippen molar-refractivity contribution in [2.75, 3.05) is 7.11 Å². The van der Waals surface area contributed by atoms with Crippen LogP contribution in [0.4, 0.5) is 0 Å². The number of carbonyl (C=O) groups excluding carboxylic acids is 2. The molecule has 2 atom stereocenters. The number of hydrogen-bond donors (Lipinski definition) is 2. The molecule has 0 aliphatic rings. The number of amides is 1. The Morgan fingerprint density at radius 3 is 2.40 bits per heavy atom. The predicted octanol–water partition coefficient (Wildman–Crippen LogP) is 1.04. The summed E-state index contributed by atoms with van der Waals surface area (Å²) < 4.78 is 4.52. The van der Waals surface area contributed by atoms with Crippen LogP contribution in [0.2, 0.25) is 0 Å². The Bertz CT molecular complexity index is 543. The lowest BCUT2D eigenvalue weighted by atomic mass is 10.1. The molecule has 0 saturated heterocycles. The highest BCUT2D eigenvalue weighted by Crippen LogP contribution is 2.05. The quantitative estimate of drug-likeness (QED) is 0.635. The van der Waals surface area contributed by atoms with Gasteiger partial charge in [-0.1, -0.05) is 5.92 Å². The maximum atomic E-state index is 12.0. The van der Waals surface area contributed by atoms with E-state index < -0.39 is 24.0 Å². The number of carbonyl (C=O) groups is 2. The molecular weight excluding hydrogens is 326 g/mol. The molecule has 0 fully saturated rings. The van der Waals surface area contributed by atoms with E-state index in [2.05, 4.69) is 36.7 Å². The topological polar surface area (TPSA) is 75.6 Å². The van der Waals surface area contributed by atoms with Gasteiger partial charge < -0.3 is 15.2 Å². The number of nitrogens with one attached hydrogen (secondary N) is 1. The minimum Gasteiger partial charge on any atom is -0.467 e. The van der Waals surface area contributed by atoms with E-state index in [-0.39, 0.29) is 0 Å². The van der Waals surface area contributed by atoms with E-state index in [0.29, 0.717) is 5.56 Å². The van der Waals surface area contributed by atoms with Crippen LogP contribution in [0.15, 0.2) is 24.3 Å². The molecule has 0 aliphatic heterocycles. The Kier molecular flexibility index (Phi) is 6.22. The second-order valence-electron chi connectivity index (χ2n) is 4.01. The Morgan fingerprint density at radius 2 is 1.95 bits per heavy atom. The van der Waals surface area contributed by atoms with E-state index in [1.54, 1.807) is 24.3 Å². The van der Waals surface area contributed by atoms with E-state index in [0.717, 1.165) is 5.56 Å². The lowest BCUT2D eigenvalue weighted by Gasteiger charge is -2.18. The van der Waals surface area contributed by atoms with Crippen LogP contribution in [0.3, 0.4) is 0 Å². The summed E-state index contributed by atoms with van der Waals surface area (Å²) in [6, 6.07) is 5.42. The smallest absolute Gasteiger partial charge is 0.331 e. The maximum Gasteiger partial charge on any atom is 0.331 e. The molecule has 1 aromatic carbocycles. The summed E-state index contributed by atoms with van der Waals surface area (Å²) in [5.74, 6) is 1.61. The molecule has 0 heterocycles. The third kappa shape index (κ3) is 4.37. The van der Waals surface area contributed by atoms with E-state index in [4.69, 9.17) is 0 Å². The van der Waals surface area contributed by atoms with E-state index in [9.17, 15) is 14.7 Å². The minimum atomic E-state index is -1.10. The number of halogens is 1. The summed E-state index contributed by atoms with van der Waals surface area (Å²) in [5.41, 5.74) is 1.11. The zero-order valence-electron chi connectivity index (χ0n) is 11.0. The highest BCUT2D eigenvalue weighted by molar-refractivity contribution is 9.12. The number of methoxy groups -OCH3 is 1. The molecule has 5 nitrogen and oxygen atoms in total. The van der Waals surface area contributed by atoms with Crippen LogP contribution in [0.25, 0.3) is 0 Å². The van der Waals surface area contributed by atoms with Crippen molar-refractivity contribution < 1.29 is 19.4 Å². The highest BCUT2D eigenvalue weighted by Gasteiger charge is 2.26. The summed E-state index contributed by atoms with van der Waals surface area (Å²) in [6.07, 6.45) is -1.05. The summed E-state index contributed by atoms with van der Waals surface area (Å²) in [4.78, 5) is 26.0. The first-order chi connectivity index (χ1) is 9.49. The van der Waals surface area contributed by atoms with Gasteiger partial charge in [-0.3, -0.25) is 4.79 Å². The van der Waals surface area contributed by atoms with Crippen molar-refractivity contribution in [3.8, 4) is 10.8 Å². The molecule has 0 bridgehead atoms. The third-order valence-corrected chi connectivity index (χ3v) is 2.76. The average molecular weight is 340 g/mol. The largest absolute Gasteiger partial charge is 0.467 e. The lowest BCUT2D eigenvalue weighted by Crippen LogP contribution is -2.48. The van der Waals surface area contributed by atoms with Gasteiger partial charge in [-0.15, -0.1) is 0 Å². The molecule has 2 N–H and O–H groups in total. The van der Waals surface area contributed by atoms with E-state index in [1.165, 1.54) is 14.0 Å². The Labute approximate surface area is 125 Å². The number of esters is 1. The fourth-order valence-corrected chi connectivity index (χ4v) is 1.72. The molecule has 0 aliphatic carbocycles. The molecule has 20 heavy (non-hydrogen) atoms. The Hall–Kier alpha value is -1.84. The first-order valence-corrected chi connectivity index (χ1v) is 6.57. The molecule has 1 rings (SSSR count). The molecule has 106 valence electrons. The van der Waals surface area contributed by atoms with Crippen LogP contribution in [0, 0.1) is 10.8 Å². The van der Waals surface area contributed by atoms with Crippen molar-refractivity contribution in [2.45, 2.75) is 19.1 Å². The maximum absolute atomic E-state index is 12.0. The van der Waals surface area contributed by atoms with Crippen LogP contribution >= 0.6 is 15.9 Å². The molecule has 0 saturated carbocycles. The zero-order valence-corrected chi connectivity index (χ0v) is 12.6. The van der Waals surface area contributed by atoms with Gasteiger partial charge in [0.1, 0.15) is 0 Å². The molecule has 0 radical (unpaired) electrons. The Morgan fingerprint density at radius 1 is 1.35 bits per heavy atom. The molecule has 0 aromatic heterocycles. The van der Waals surface area contributed by atoms with Gasteiger partial charge in [0, 0.05) is 27.1 Å². The Balaban J connectivity index is 2.82. The molecule has 6 heteroatoms. The van der Waals surface area contributed by atoms with Crippen LogP contribution < -0.4 is 5.32 Å². The number of ether oxygens (including phenoxy) is 1. The van der Waals surface area contributed by atoms with Gasteiger partial charge in [-0.2, -0.15) is 0 Å². The van der Waals surface area contributed by atoms with Crippen molar-refractivity contribution >= 4 is 27.8 Å². The van der Waals surface area contributed by atoms with Gasteiger partial charge in [-0.05, 0) is 36.0 Å². The number of benzene rings is 1. The van der Waals surface area contributed by atoms with Gasteiger partial charge in [0.2, 0.25) is 0 Å². The standard InChI is InChI=1S/C14H14BrNO4/c1-9(17)12(14(19)20-2)16-13(18)11-5-3-10(4-6-11)7-8-15/h3-6,9,12,17H,1-2H3,(H,16,18)/t9-,12+/m1/s1. The SMILES string of the molecule is COC(=O)[C@@H](NC(=O)c1ccc(C#CBr)cc1)[C@@H](C)O. The predicted molar refractivity (Wildman–Crippen MR) is 77.2 cm³/mol. The second-order valence-corrected chi connectivity index (χ2v) is 4.41. The van der Waals surface area contributed by atoms with E-state index in [1.807, 2.05) is 0 Å². The van der Waals surface area contributed by atoms with Gasteiger partial charge in [-0.25, -0.2) is 4.79 Å². The van der Waals surface area contributed by atoms with Gasteiger partial charge >= 0.3 is 5.97 Å². The van der Waals surface area contributed by atoms with Crippen molar-refractivity contribution in [3.05, 3.63) is 35.4 Å². The molecule has 1 amide bonds. The normalized spacial score (nSPS) is 12.6. The average Bonchev–Trinajstić information content (AvgIpc) is 2.44. The van der Waals surface area contributed by atoms with Crippen LogP contribution in [0.1, 0.15) is 22.8 Å². The number of hydrogen-bond acceptors (Lipinski definition) is 4. The zero-order chi connectivity index (χ0) is 15.1. The summed E-state index contributed by atoms with van der Waals surface area (Å²) in [6.45, 7) is 1.40. The number of rotatable bonds is 4. The van der Waals surface area contributed by atoms with Crippen molar-refractivity contribution in [3.63, 3.8) is 0 Å². The molecule has 0 spiro atoms. The second kappa shape index (κ2) is 7.68. The van der Waals surface area contributed by atoms with Gasteiger partial charge in [0.15, 0.2) is 6.04 Å². The summed E-state index contributed by atoms with van der Waals surface area (Å²) >= 11 is 2.99. The monoisotopic (exact) mass is 339 g/mol.